The summed E-state index contributed by atoms with van der Waals surface area (Å²) in [4.78, 5) is 14.8. The lowest BCUT2D eigenvalue weighted by molar-refractivity contribution is -0.118. The van der Waals surface area contributed by atoms with Crippen LogP contribution in [-0.2, 0) is 11.2 Å². The van der Waals surface area contributed by atoms with Gasteiger partial charge in [-0.25, -0.2) is 0 Å². The molecule has 2 heterocycles. The standard InChI is InChI=1S/C15H17N3O2S/c1-18(5-4-10-3-2-6-21-10)13-8-12-14(7-11(13)16)20-9-15(19)17-12/h2-3,6-8H,4-5,9,16H2,1H3,(H,17,19). The van der Waals surface area contributed by atoms with Crippen molar-refractivity contribution >= 4 is 34.3 Å². The second-order valence-corrected chi connectivity index (χ2v) is 6.03. The largest absolute Gasteiger partial charge is 0.482 e. The van der Waals surface area contributed by atoms with Gasteiger partial charge in [-0.1, -0.05) is 6.07 Å². The zero-order chi connectivity index (χ0) is 14.8. The smallest absolute Gasteiger partial charge is 0.262 e. The first-order chi connectivity index (χ1) is 10.1. The van der Waals surface area contributed by atoms with E-state index < -0.39 is 0 Å². The first-order valence-electron chi connectivity index (χ1n) is 6.73. The summed E-state index contributed by atoms with van der Waals surface area (Å²) in [6.07, 6.45) is 0.966. The molecule has 0 saturated heterocycles. The molecule has 0 unspecified atom stereocenters. The molecule has 21 heavy (non-hydrogen) atoms. The molecular formula is C15H17N3O2S. The van der Waals surface area contributed by atoms with Crippen molar-refractivity contribution in [3.05, 3.63) is 34.5 Å². The van der Waals surface area contributed by atoms with Gasteiger partial charge in [-0.05, 0) is 23.9 Å². The molecule has 0 radical (unpaired) electrons. The molecule has 2 aromatic rings. The van der Waals surface area contributed by atoms with Gasteiger partial charge < -0.3 is 20.7 Å². The highest BCUT2D eigenvalue weighted by Crippen LogP contribution is 2.36. The van der Waals surface area contributed by atoms with Crippen molar-refractivity contribution in [1.29, 1.82) is 0 Å². The molecule has 0 atom stereocenters. The summed E-state index contributed by atoms with van der Waals surface area (Å²) >= 11 is 1.75. The lowest BCUT2D eigenvalue weighted by atomic mass is 10.2. The molecule has 3 rings (SSSR count). The Bertz CT molecular complexity index is 655. The number of nitrogens with two attached hydrogens (primary N) is 1. The average Bonchev–Trinajstić information content (AvgIpc) is 2.98. The highest BCUT2D eigenvalue weighted by Gasteiger charge is 2.19. The van der Waals surface area contributed by atoms with Gasteiger partial charge in [-0.15, -0.1) is 11.3 Å². The van der Waals surface area contributed by atoms with Gasteiger partial charge in [0.1, 0.15) is 5.75 Å². The fraction of sp³-hybridized carbons (Fsp3) is 0.267. The normalized spacial score (nSPS) is 13.3. The van der Waals surface area contributed by atoms with Crippen molar-refractivity contribution < 1.29 is 9.53 Å². The minimum atomic E-state index is -0.139. The van der Waals surface area contributed by atoms with Gasteiger partial charge in [0.05, 0.1) is 17.1 Å². The van der Waals surface area contributed by atoms with Crippen LogP contribution in [0.3, 0.4) is 0 Å². The van der Waals surface area contributed by atoms with Crippen LogP contribution in [-0.4, -0.2) is 26.1 Å². The predicted molar refractivity (Wildman–Crippen MR) is 86.3 cm³/mol. The number of ether oxygens (including phenoxy) is 1. The Balaban J connectivity index is 1.77. The van der Waals surface area contributed by atoms with Crippen LogP contribution in [0, 0.1) is 0 Å². The number of nitrogen functional groups attached to an aromatic ring is 1. The Hall–Kier alpha value is -2.21. The topological polar surface area (TPSA) is 67.6 Å². The molecule has 1 aromatic heterocycles. The van der Waals surface area contributed by atoms with Crippen LogP contribution in [0.25, 0.3) is 0 Å². The maximum atomic E-state index is 11.4. The van der Waals surface area contributed by atoms with E-state index in [1.54, 1.807) is 17.4 Å². The zero-order valence-electron chi connectivity index (χ0n) is 11.8. The Morgan fingerprint density at radius 3 is 3.10 bits per heavy atom. The molecule has 1 aliphatic rings. The van der Waals surface area contributed by atoms with Gasteiger partial charge >= 0.3 is 0 Å². The summed E-state index contributed by atoms with van der Waals surface area (Å²) in [5, 5.41) is 4.89. The van der Waals surface area contributed by atoms with Gasteiger partial charge in [0.15, 0.2) is 6.61 Å². The van der Waals surface area contributed by atoms with Crippen molar-refractivity contribution in [2.24, 2.45) is 0 Å². The number of thiophene rings is 1. The molecule has 0 fully saturated rings. The Morgan fingerprint density at radius 2 is 2.33 bits per heavy atom. The van der Waals surface area contributed by atoms with Crippen LogP contribution < -0.4 is 20.7 Å². The van der Waals surface area contributed by atoms with Crippen LogP contribution in [0.4, 0.5) is 17.1 Å². The van der Waals surface area contributed by atoms with Crippen LogP contribution >= 0.6 is 11.3 Å². The molecule has 6 heteroatoms. The van der Waals surface area contributed by atoms with Gasteiger partial charge in [-0.2, -0.15) is 0 Å². The lowest BCUT2D eigenvalue weighted by Crippen LogP contribution is -2.27. The number of hydrogen-bond donors (Lipinski definition) is 2. The van der Waals surface area contributed by atoms with Gasteiger partial charge in [-0.3, -0.25) is 4.79 Å². The van der Waals surface area contributed by atoms with Crippen LogP contribution in [0.1, 0.15) is 4.88 Å². The van der Waals surface area contributed by atoms with Gasteiger partial charge in [0, 0.05) is 24.5 Å². The molecule has 110 valence electrons. The molecule has 1 amide bonds. The van der Waals surface area contributed by atoms with Crippen molar-refractivity contribution in [3.8, 4) is 5.75 Å². The molecule has 0 aliphatic carbocycles. The number of carbonyl (C=O) groups is 1. The summed E-state index contributed by atoms with van der Waals surface area (Å²) in [6.45, 7) is 0.901. The number of fused-ring (bicyclic) bond motifs is 1. The monoisotopic (exact) mass is 303 g/mol. The number of anilines is 3. The van der Waals surface area contributed by atoms with E-state index in [9.17, 15) is 4.79 Å². The second kappa shape index (κ2) is 5.65. The minimum absolute atomic E-state index is 0.0417. The summed E-state index contributed by atoms with van der Waals surface area (Å²) in [5.74, 6) is 0.488. The fourth-order valence-electron chi connectivity index (χ4n) is 2.31. The first kappa shape index (κ1) is 13.8. The molecule has 1 aromatic carbocycles. The van der Waals surface area contributed by atoms with Crippen LogP contribution in [0.15, 0.2) is 29.6 Å². The van der Waals surface area contributed by atoms with Crippen LogP contribution in [0.2, 0.25) is 0 Å². The number of carbonyl (C=O) groups excluding carboxylic acids is 1. The SMILES string of the molecule is CN(CCc1cccs1)c1cc2c(cc1N)OCC(=O)N2. The van der Waals surface area contributed by atoms with Crippen LogP contribution in [0.5, 0.6) is 5.75 Å². The molecular weight excluding hydrogens is 286 g/mol. The summed E-state index contributed by atoms with van der Waals surface area (Å²) in [5.41, 5.74) is 8.33. The van der Waals surface area contributed by atoms with E-state index in [4.69, 9.17) is 10.5 Å². The highest BCUT2D eigenvalue weighted by atomic mass is 32.1. The molecule has 5 nitrogen and oxygen atoms in total. The second-order valence-electron chi connectivity index (χ2n) is 4.99. The molecule has 0 spiro atoms. The quantitative estimate of drug-likeness (QED) is 0.851. The van der Waals surface area contributed by atoms with Crippen molar-refractivity contribution in [3.63, 3.8) is 0 Å². The highest BCUT2D eigenvalue weighted by molar-refractivity contribution is 7.09. The number of nitrogens with one attached hydrogen (secondary N) is 1. The third-order valence-electron chi connectivity index (χ3n) is 3.45. The summed E-state index contributed by atoms with van der Waals surface area (Å²) in [7, 11) is 2.00. The maximum Gasteiger partial charge on any atom is 0.262 e. The fourth-order valence-corrected chi connectivity index (χ4v) is 3.01. The number of rotatable bonds is 4. The van der Waals surface area contributed by atoms with Crippen molar-refractivity contribution in [1.82, 2.24) is 0 Å². The van der Waals surface area contributed by atoms with Gasteiger partial charge in [0.2, 0.25) is 0 Å². The average molecular weight is 303 g/mol. The Kier molecular flexibility index (Phi) is 3.70. The first-order valence-corrected chi connectivity index (χ1v) is 7.61. The lowest BCUT2D eigenvalue weighted by Gasteiger charge is -2.25. The van der Waals surface area contributed by atoms with Gasteiger partial charge in [0.25, 0.3) is 5.91 Å². The zero-order valence-corrected chi connectivity index (χ0v) is 12.6. The molecule has 1 aliphatic heterocycles. The van der Waals surface area contributed by atoms with E-state index in [1.165, 1.54) is 4.88 Å². The third-order valence-corrected chi connectivity index (χ3v) is 4.38. The van der Waals surface area contributed by atoms with E-state index in [-0.39, 0.29) is 12.5 Å². The van der Waals surface area contributed by atoms with E-state index in [0.717, 1.165) is 18.7 Å². The summed E-state index contributed by atoms with van der Waals surface area (Å²) in [6, 6.07) is 7.82. The van der Waals surface area contributed by atoms with Crippen molar-refractivity contribution in [2.45, 2.75) is 6.42 Å². The number of hydrogen-bond acceptors (Lipinski definition) is 5. The molecule has 0 bridgehead atoms. The van der Waals surface area contributed by atoms with Crippen molar-refractivity contribution in [2.75, 3.05) is 36.1 Å². The third kappa shape index (κ3) is 2.95. The Labute approximate surface area is 127 Å². The minimum Gasteiger partial charge on any atom is -0.482 e. The number of benzene rings is 1. The number of nitrogens with zero attached hydrogens (tertiary/aromatic N) is 1. The Morgan fingerprint density at radius 1 is 1.48 bits per heavy atom. The number of likely N-dealkylation sites (N-methyl/N-ethyl adjacent to an activating group) is 1. The van der Waals surface area contributed by atoms with E-state index in [1.807, 2.05) is 13.1 Å². The predicted octanol–water partition coefficient (Wildman–Crippen LogP) is 2.34. The van der Waals surface area contributed by atoms with E-state index in [2.05, 4.69) is 27.7 Å². The van der Waals surface area contributed by atoms with E-state index in [0.29, 0.717) is 17.1 Å². The molecule has 0 saturated carbocycles. The number of amides is 1. The summed E-state index contributed by atoms with van der Waals surface area (Å²) < 4.78 is 5.36. The molecule has 3 N–H and O–H groups in total. The van der Waals surface area contributed by atoms with E-state index >= 15 is 0 Å². The maximum absolute atomic E-state index is 11.4.